The van der Waals surface area contributed by atoms with Crippen molar-refractivity contribution < 1.29 is 28.7 Å². The molecule has 4 rings (SSSR count). The highest BCUT2D eigenvalue weighted by Crippen LogP contribution is 2.53. The van der Waals surface area contributed by atoms with Gasteiger partial charge >= 0.3 is 5.97 Å². The lowest BCUT2D eigenvalue weighted by atomic mass is 9.94. The maximum Gasteiger partial charge on any atom is 0.330 e. The van der Waals surface area contributed by atoms with Crippen LogP contribution in [0.5, 0.6) is 0 Å². The summed E-state index contributed by atoms with van der Waals surface area (Å²) >= 11 is 1.37. The van der Waals surface area contributed by atoms with Gasteiger partial charge in [0, 0.05) is 6.61 Å². The largest absolute Gasteiger partial charge is 0.467 e. The van der Waals surface area contributed by atoms with E-state index in [1.54, 1.807) is 24.3 Å². The van der Waals surface area contributed by atoms with Crippen LogP contribution in [0.1, 0.15) is 34.6 Å². The molecule has 0 spiro atoms. The molecule has 0 aliphatic carbocycles. The fraction of sp³-hybridized carbons (Fsp3) is 0.474. The van der Waals surface area contributed by atoms with Crippen molar-refractivity contribution in [2.45, 2.75) is 36.1 Å². The lowest BCUT2D eigenvalue weighted by Gasteiger charge is -2.46. The molecule has 2 fully saturated rings. The molecular formula is C19H20N2O6S. The van der Waals surface area contributed by atoms with Crippen molar-refractivity contribution in [3.05, 3.63) is 35.4 Å². The van der Waals surface area contributed by atoms with Gasteiger partial charge in [0.25, 0.3) is 17.7 Å². The van der Waals surface area contributed by atoms with Crippen molar-refractivity contribution in [1.29, 1.82) is 0 Å². The first kappa shape index (κ1) is 18.9. The van der Waals surface area contributed by atoms with Crippen LogP contribution in [0.3, 0.4) is 0 Å². The second kappa shape index (κ2) is 6.59. The number of imide groups is 1. The molecule has 3 aliphatic heterocycles. The van der Waals surface area contributed by atoms with Gasteiger partial charge in [0.15, 0.2) is 0 Å². The number of thioether (sulfide) groups is 1. The summed E-state index contributed by atoms with van der Waals surface area (Å²) in [5, 5.41) is -0.510. The van der Waals surface area contributed by atoms with Crippen molar-refractivity contribution in [3.8, 4) is 0 Å². The Morgan fingerprint density at radius 1 is 1.18 bits per heavy atom. The van der Waals surface area contributed by atoms with Crippen LogP contribution in [0.15, 0.2) is 24.3 Å². The summed E-state index contributed by atoms with van der Waals surface area (Å²) in [5.74, 6) is -1.92. The standard InChI is InChI=1S/C19H20N2O6S/c1-4-27-9-19(2)13(18(25)26-3)21-16(24)12(17(21)28-19)20-14(22)10-7-5-6-8-11(10)15(20)23/h5-8,12-13,17H,4,9H2,1-3H3/t12-,13+,17-,19-/m1/s1. The third-order valence-corrected chi connectivity index (χ3v) is 7.03. The fourth-order valence-corrected chi connectivity index (χ4v) is 5.84. The molecule has 0 radical (unpaired) electrons. The number of esters is 1. The van der Waals surface area contributed by atoms with Gasteiger partial charge in [-0.25, -0.2) is 4.79 Å². The second-order valence-electron chi connectivity index (χ2n) is 7.10. The molecule has 0 N–H and O–H groups in total. The molecule has 1 aromatic carbocycles. The topological polar surface area (TPSA) is 93.2 Å². The molecule has 28 heavy (non-hydrogen) atoms. The molecule has 4 atom stereocenters. The lowest BCUT2D eigenvalue weighted by Crippen LogP contribution is -2.71. The molecule has 2 saturated heterocycles. The van der Waals surface area contributed by atoms with E-state index in [2.05, 4.69) is 0 Å². The van der Waals surface area contributed by atoms with E-state index < -0.39 is 45.9 Å². The van der Waals surface area contributed by atoms with Gasteiger partial charge in [0.2, 0.25) is 0 Å². The van der Waals surface area contributed by atoms with Crippen LogP contribution in [-0.2, 0) is 19.1 Å². The molecule has 8 nitrogen and oxygen atoms in total. The molecule has 1 aromatic rings. The van der Waals surface area contributed by atoms with Gasteiger partial charge in [0.1, 0.15) is 17.5 Å². The van der Waals surface area contributed by atoms with E-state index in [-0.39, 0.29) is 6.61 Å². The number of carbonyl (C=O) groups excluding carboxylic acids is 4. The number of amides is 3. The smallest absolute Gasteiger partial charge is 0.330 e. The van der Waals surface area contributed by atoms with E-state index in [1.807, 2.05) is 13.8 Å². The maximum absolute atomic E-state index is 13.0. The van der Waals surface area contributed by atoms with E-state index in [0.717, 1.165) is 4.90 Å². The quantitative estimate of drug-likeness (QED) is 0.409. The number of hydrogen-bond donors (Lipinski definition) is 0. The Bertz CT molecular complexity index is 854. The molecule has 3 amide bonds. The highest BCUT2D eigenvalue weighted by Gasteiger charge is 2.68. The highest BCUT2D eigenvalue weighted by molar-refractivity contribution is 8.01. The predicted octanol–water partition coefficient (Wildman–Crippen LogP) is 0.903. The molecule has 3 heterocycles. The van der Waals surface area contributed by atoms with Crippen molar-refractivity contribution in [2.24, 2.45) is 0 Å². The number of benzene rings is 1. The minimum absolute atomic E-state index is 0.239. The number of rotatable bonds is 5. The Labute approximate surface area is 166 Å². The molecule has 0 bridgehead atoms. The fourth-order valence-electron chi connectivity index (χ4n) is 4.09. The molecule has 9 heteroatoms. The van der Waals surface area contributed by atoms with Crippen LogP contribution in [0.2, 0.25) is 0 Å². The van der Waals surface area contributed by atoms with Gasteiger partial charge in [-0.1, -0.05) is 12.1 Å². The van der Waals surface area contributed by atoms with E-state index in [0.29, 0.717) is 17.7 Å². The van der Waals surface area contributed by atoms with Crippen molar-refractivity contribution in [1.82, 2.24) is 9.80 Å². The molecule has 148 valence electrons. The monoisotopic (exact) mass is 404 g/mol. The molecule has 3 aliphatic rings. The zero-order valence-electron chi connectivity index (χ0n) is 15.7. The Morgan fingerprint density at radius 3 is 2.32 bits per heavy atom. The molecule has 0 aromatic heterocycles. The summed E-state index contributed by atoms with van der Waals surface area (Å²) in [5.41, 5.74) is 0.590. The minimum atomic E-state index is -0.937. The number of fused-ring (bicyclic) bond motifs is 2. The van der Waals surface area contributed by atoms with Crippen LogP contribution < -0.4 is 0 Å². The van der Waals surface area contributed by atoms with Gasteiger partial charge < -0.3 is 14.4 Å². The molecule has 0 saturated carbocycles. The summed E-state index contributed by atoms with van der Waals surface area (Å²) in [6, 6.07) is 4.74. The van der Waals surface area contributed by atoms with Crippen LogP contribution in [0.25, 0.3) is 0 Å². The number of carbonyl (C=O) groups is 4. The van der Waals surface area contributed by atoms with E-state index >= 15 is 0 Å². The van der Waals surface area contributed by atoms with Gasteiger partial charge in [-0.15, -0.1) is 11.8 Å². The van der Waals surface area contributed by atoms with Gasteiger partial charge in [-0.2, -0.15) is 0 Å². The van der Waals surface area contributed by atoms with E-state index in [9.17, 15) is 19.2 Å². The third-order valence-electron chi connectivity index (χ3n) is 5.42. The number of methoxy groups -OCH3 is 1. The minimum Gasteiger partial charge on any atom is -0.467 e. The Morgan fingerprint density at radius 2 is 1.79 bits per heavy atom. The van der Waals surface area contributed by atoms with Crippen molar-refractivity contribution in [3.63, 3.8) is 0 Å². The van der Waals surface area contributed by atoms with Crippen LogP contribution >= 0.6 is 11.8 Å². The van der Waals surface area contributed by atoms with E-state index in [4.69, 9.17) is 9.47 Å². The highest BCUT2D eigenvalue weighted by atomic mass is 32.2. The average Bonchev–Trinajstić information content (AvgIpc) is 3.11. The number of ether oxygens (including phenoxy) is 2. The van der Waals surface area contributed by atoms with Gasteiger partial charge in [-0.05, 0) is 26.0 Å². The summed E-state index contributed by atoms with van der Waals surface area (Å²) < 4.78 is 9.72. The maximum atomic E-state index is 13.0. The first-order valence-electron chi connectivity index (χ1n) is 8.98. The average molecular weight is 404 g/mol. The molecule has 0 unspecified atom stereocenters. The third kappa shape index (κ3) is 2.42. The van der Waals surface area contributed by atoms with Crippen molar-refractivity contribution >= 4 is 35.5 Å². The first-order chi connectivity index (χ1) is 13.4. The number of nitrogens with zero attached hydrogens (tertiary/aromatic N) is 2. The predicted molar refractivity (Wildman–Crippen MR) is 99.7 cm³/mol. The number of β-lactam (4-membered cyclic amide) rings is 1. The zero-order valence-corrected chi connectivity index (χ0v) is 16.5. The van der Waals surface area contributed by atoms with Crippen LogP contribution in [0.4, 0.5) is 0 Å². The summed E-state index contributed by atoms with van der Waals surface area (Å²) in [4.78, 5) is 53.4. The second-order valence-corrected chi connectivity index (χ2v) is 8.75. The number of hydrogen-bond acceptors (Lipinski definition) is 7. The molecular weight excluding hydrogens is 384 g/mol. The van der Waals surface area contributed by atoms with Crippen LogP contribution in [0, 0.1) is 0 Å². The Hall–Kier alpha value is -2.39. The van der Waals surface area contributed by atoms with Crippen LogP contribution in [-0.4, -0.2) is 76.0 Å². The van der Waals surface area contributed by atoms with E-state index in [1.165, 1.54) is 23.8 Å². The summed E-state index contributed by atoms with van der Waals surface area (Å²) in [6.45, 7) is 4.38. The summed E-state index contributed by atoms with van der Waals surface area (Å²) in [7, 11) is 1.27. The lowest BCUT2D eigenvalue weighted by molar-refractivity contribution is -0.165. The van der Waals surface area contributed by atoms with Gasteiger partial charge in [0.05, 0.1) is 29.6 Å². The Kier molecular flexibility index (Phi) is 4.46. The normalized spacial score (nSPS) is 31.0. The zero-order chi connectivity index (χ0) is 20.2. The summed E-state index contributed by atoms with van der Waals surface area (Å²) in [6.07, 6.45) is 0. The first-order valence-corrected chi connectivity index (χ1v) is 9.86. The van der Waals surface area contributed by atoms with Gasteiger partial charge in [-0.3, -0.25) is 19.3 Å². The SMILES string of the molecule is CCOC[C@@]1(C)S[C@@H]2[C@H](N3C(=O)c4ccccc4C3=O)C(=O)N2[C@H]1C(=O)OC. The Balaban J connectivity index is 1.66. The van der Waals surface area contributed by atoms with Crippen molar-refractivity contribution in [2.75, 3.05) is 20.3 Å².